The maximum absolute atomic E-state index is 11.2. The molecule has 1 saturated heterocycles. The normalized spacial score (nSPS) is 22.5. The SMILES string of the molecule is O=C(CNCC1CC1)NC1COC1. The zero-order chi connectivity index (χ0) is 9.10. The lowest BCUT2D eigenvalue weighted by Gasteiger charge is -2.26. The van der Waals surface area contributed by atoms with Crippen LogP contribution in [0.3, 0.4) is 0 Å². The molecule has 2 rings (SSSR count). The Morgan fingerprint density at radius 2 is 2.15 bits per heavy atom. The van der Waals surface area contributed by atoms with Gasteiger partial charge in [0.05, 0.1) is 25.8 Å². The Kier molecular flexibility index (Phi) is 2.80. The van der Waals surface area contributed by atoms with Gasteiger partial charge in [-0.25, -0.2) is 0 Å². The molecule has 1 heterocycles. The smallest absolute Gasteiger partial charge is 0.234 e. The van der Waals surface area contributed by atoms with Crippen molar-refractivity contribution in [2.75, 3.05) is 26.3 Å². The third kappa shape index (κ3) is 2.97. The van der Waals surface area contributed by atoms with Crippen molar-refractivity contribution in [1.82, 2.24) is 10.6 Å². The van der Waals surface area contributed by atoms with Gasteiger partial charge in [0, 0.05) is 0 Å². The van der Waals surface area contributed by atoms with Crippen molar-refractivity contribution in [1.29, 1.82) is 0 Å². The van der Waals surface area contributed by atoms with Crippen LogP contribution >= 0.6 is 0 Å². The van der Waals surface area contributed by atoms with Crippen LogP contribution in [0.5, 0.6) is 0 Å². The van der Waals surface area contributed by atoms with Gasteiger partial charge >= 0.3 is 0 Å². The van der Waals surface area contributed by atoms with Gasteiger partial charge in [0.2, 0.25) is 5.91 Å². The van der Waals surface area contributed by atoms with E-state index < -0.39 is 0 Å². The van der Waals surface area contributed by atoms with Gasteiger partial charge in [0.1, 0.15) is 0 Å². The molecule has 0 aromatic rings. The van der Waals surface area contributed by atoms with Gasteiger partial charge in [0.25, 0.3) is 0 Å². The van der Waals surface area contributed by atoms with Gasteiger partial charge in [-0.3, -0.25) is 4.79 Å². The molecule has 1 aliphatic carbocycles. The van der Waals surface area contributed by atoms with Gasteiger partial charge in [-0.15, -0.1) is 0 Å². The Morgan fingerprint density at radius 3 is 2.69 bits per heavy atom. The molecule has 0 radical (unpaired) electrons. The lowest BCUT2D eigenvalue weighted by molar-refractivity contribution is -0.124. The second kappa shape index (κ2) is 4.07. The highest BCUT2D eigenvalue weighted by molar-refractivity contribution is 5.78. The first kappa shape index (κ1) is 8.97. The molecule has 74 valence electrons. The molecule has 2 aliphatic rings. The van der Waals surface area contributed by atoms with E-state index in [2.05, 4.69) is 10.6 Å². The summed E-state index contributed by atoms with van der Waals surface area (Å²) in [5.41, 5.74) is 0. The number of carbonyl (C=O) groups is 1. The molecule has 4 heteroatoms. The van der Waals surface area contributed by atoms with Crippen molar-refractivity contribution in [3.05, 3.63) is 0 Å². The molecule has 0 aromatic carbocycles. The lowest BCUT2D eigenvalue weighted by Crippen LogP contribution is -2.50. The number of hydrogen-bond acceptors (Lipinski definition) is 3. The summed E-state index contributed by atoms with van der Waals surface area (Å²) in [5.74, 6) is 0.925. The van der Waals surface area contributed by atoms with E-state index in [0.29, 0.717) is 19.8 Å². The summed E-state index contributed by atoms with van der Waals surface area (Å²) in [6.45, 7) is 2.80. The molecule has 1 amide bonds. The molecule has 1 saturated carbocycles. The van der Waals surface area contributed by atoms with Crippen molar-refractivity contribution < 1.29 is 9.53 Å². The fourth-order valence-electron chi connectivity index (χ4n) is 1.31. The number of rotatable bonds is 5. The summed E-state index contributed by atoms with van der Waals surface area (Å²) in [7, 11) is 0. The van der Waals surface area contributed by atoms with Gasteiger partial charge in [-0.05, 0) is 25.3 Å². The van der Waals surface area contributed by atoms with Crippen LogP contribution in [-0.4, -0.2) is 38.3 Å². The first-order valence-electron chi connectivity index (χ1n) is 4.92. The third-order valence-corrected chi connectivity index (χ3v) is 2.42. The maximum Gasteiger partial charge on any atom is 0.234 e. The molecule has 4 nitrogen and oxygen atoms in total. The van der Waals surface area contributed by atoms with Crippen molar-refractivity contribution in [3.8, 4) is 0 Å². The molecule has 0 spiro atoms. The second-order valence-electron chi connectivity index (χ2n) is 3.88. The Balaban J connectivity index is 1.49. The van der Waals surface area contributed by atoms with Gasteiger partial charge in [-0.1, -0.05) is 0 Å². The molecular weight excluding hydrogens is 168 g/mol. The predicted molar refractivity (Wildman–Crippen MR) is 48.3 cm³/mol. The van der Waals surface area contributed by atoms with Crippen LogP contribution in [0.1, 0.15) is 12.8 Å². The molecule has 13 heavy (non-hydrogen) atoms. The first-order valence-corrected chi connectivity index (χ1v) is 4.92. The summed E-state index contributed by atoms with van der Waals surface area (Å²) < 4.78 is 4.95. The topological polar surface area (TPSA) is 50.4 Å². The number of nitrogens with one attached hydrogen (secondary N) is 2. The van der Waals surface area contributed by atoms with E-state index in [1.807, 2.05) is 0 Å². The van der Waals surface area contributed by atoms with Crippen LogP contribution in [0, 0.1) is 5.92 Å². The fraction of sp³-hybridized carbons (Fsp3) is 0.889. The average molecular weight is 184 g/mol. The van der Waals surface area contributed by atoms with Crippen LogP contribution in [0.25, 0.3) is 0 Å². The van der Waals surface area contributed by atoms with Crippen LogP contribution < -0.4 is 10.6 Å². The van der Waals surface area contributed by atoms with Gasteiger partial charge in [-0.2, -0.15) is 0 Å². The monoisotopic (exact) mass is 184 g/mol. The summed E-state index contributed by atoms with van der Waals surface area (Å²) >= 11 is 0. The number of hydrogen-bond donors (Lipinski definition) is 2. The molecule has 0 atom stereocenters. The average Bonchev–Trinajstić information content (AvgIpc) is 2.81. The Labute approximate surface area is 78.0 Å². The second-order valence-corrected chi connectivity index (χ2v) is 3.88. The summed E-state index contributed by atoms with van der Waals surface area (Å²) in [4.78, 5) is 11.2. The minimum Gasteiger partial charge on any atom is -0.377 e. The minimum atomic E-state index is 0.0916. The lowest BCUT2D eigenvalue weighted by atomic mass is 10.2. The molecule has 2 N–H and O–H groups in total. The number of amides is 1. The molecule has 0 bridgehead atoms. The Hall–Kier alpha value is -0.610. The standard InChI is InChI=1S/C9H16N2O2/c12-9(11-8-5-13-6-8)4-10-3-7-1-2-7/h7-8,10H,1-6H2,(H,11,12). The van der Waals surface area contributed by atoms with Gasteiger partial charge < -0.3 is 15.4 Å². The van der Waals surface area contributed by atoms with Crippen molar-refractivity contribution in [3.63, 3.8) is 0 Å². The molecule has 2 fully saturated rings. The van der Waals surface area contributed by atoms with Crippen molar-refractivity contribution in [2.45, 2.75) is 18.9 Å². The Bertz CT molecular complexity index is 188. The fourth-order valence-corrected chi connectivity index (χ4v) is 1.31. The van der Waals surface area contributed by atoms with Crippen LogP contribution in [-0.2, 0) is 9.53 Å². The van der Waals surface area contributed by atoms with Crippen LogP contribution in [0.2, 0.25) is 0 Å². The zero-order valence-electron chi connectivity index (χ0n) is 7.71. The highest BCUT2D eigenvalue weighted by Crippen LogP contribution is 2.27. The van der Waals surface area contributed by atoms with E-state index in [9.17, 15) is 4.79 Å². The van der Waals surface area contributed by atoms with Gasteiger partial charge in [0.15, 0.2) is 0 Å². The quantitative estimate of drug-likeness (QED) is 0.605. The van der Waals surface area contributed by atoms with E-state index in [4.69, 9.17) is 4.74 Å². The van der Waals surface area contributed by atoms with E-state index in [1.165, 1.54) is 12.8 Å². The molecule has 0 aromatic heterocycles. The molecule has 1 aliphatic heterocycles. The number of ether oxygens (including phenoxy) is 1. The van der Waals surface area contributed by atoms with Crippen LogP contribution in [0.15, 0.2) is 0 Å². The number of carbonyl (C=O) groups excluding carboxylic acids is 1. The summed E-state index contributed by atoms with van der Waals surface area (Å²) in [6.07, 6.45) is 2.65. The van der Waals surface area contributed by atoms with Crippen molar-refractivity contribution in [2.24, 2.45) is 5.92 Å². The van der Waals surface area contributed by atoms with E-state index in [-0.39, 0.29) is 11.9 Å². The van der Waals surface area contributed by atoms with Crippen molar-refractivity contribution >= 4 is 5.91 Å². The van der Waals surface area contributed by atoms with E-state index >= 15 is 0 Å². The summed E-state index contributed by atoms with van der Waals surface area (Å²) in [6, 6.07) is 0.259. The van der Waals surface area contributed by atoms with E-state index in [1.54, 1.807) is 0 Å². The van der Waals surface area contributed by atoms with E-state index in [0.717, 1.165) is 12.5 Å². The minimum absolute atomic E-state index is 0.0916. The van der Waals surface area contributed by atoms with Crippen LogP contribution in [0.4, 0.5) is 0 Å². The Morgan fingerprint density at radius 1 is 1.38 bits per heavy atom. The molecule has 0 unspecified atom stereocenters. The first-order chi connectivity index (χ1) is 6.34. The third-order valence-electron chi connectivity index (χ3n) is 2.42. The highest BCUT2D eigenvalue weighted by atomic mass is 16.5. The molecular formula is C9H16N2O2. The highest BCUT2D eigenvalue weighted by Gasteiger charge is 2.22. The zero-order valence-corrected chi connectivity index (χ0v) is 7.71. The largest absolute Gasteiger partial charge is 0.377 e. The summed E-state index contributed by atoms with van der Waals surface area (Å²) in [5, 5.41) is 6.03. The predicted octanol–water partition coefficient (Wildman–Crippen LogP) is -0.499. The maximum atomic E-state index is 11.2.